The molecule has 1 unspecified atom stereocenters. The number of hydrogen-bond donors (Lipinski definition) is 0. The van der Waals surface area contributed by atoms with Crippen molar-refractivity contribution in [1.29, 1.82) is 0 Å². The van der Waals surface area contributed by atoms with Crippen LogP contribution in [0.5, 0.6) is 0 Å². The predicted molar refractivity (Wildman–Crippen MR) is 132 cm³/mol. The summed E-state index contributed by atoms with van der Waals surface area (Å²) >= 11 is 6.53. The second-order valence-electron chi connectivity index (χ2n) is 8.78. The van der Waals surface area contributed by atoms with Crippen LogP contribution in [0.15, 0.2) is 16.1 Å². The monoisotopic (exact) mass is 494 g/mol. The van der Waals surface area contributed by atoms with Gasteiger partial charge in [0.1, 0.15) is 15.7 Å². The maximum Gasteiger partial charge on any atom is 0.138 e. The summed E-state index contributed by atoms with van der Waals surface area (Å²) in [5, 5.41) is 2.32. The van der Waals surface area contributed by atoms with Gasteiger partial charge in [-0.05, 0) is 75.2 Å². The summed E-state index contributed by atoms with van der Waals surface area (Å²) in [5.74, 6) is 3.66. The van der Waals surface area contributed by atoms with Gasteiger partial charge in [-0.2, -0.15) is 17.5 Å². The lowest BCUT2D eigenvalue weighted by Crippen LogP contribution is -2.46. The molecule has 2 aromatic heterocycles. The molecular formula is C21H30N6S4. The SMILES string of the molecule is CN1CCC=C(c2nsnc2SCCCCSc2nsnc2C2CN3CCC2CC3)C1. The van der Waals surface area contributed by atoms with E-state index in [-0.39, 0.29) is 0 Å². The van der Waals surface area contributed by atoms with Crippen molar-refractivity contribution in [3.05, 3.63) is 17.5 Å². The molecule has 4 aliphatic rings. The van der Waals surface area contributed by atoms with Crippen molar-refractivity contribution in [3.8, 4) is 0 Å². The van der Waals surface area contributed by atoms with Gasteiger partial charge in [0.25, 0.3) is 0 Å². The summed E-state index contributed by atoms with van der Waals surface area (Å²) in [6.45, 7) is 5.87. The van der Waals surface area contributed by atoms with Crippen molar-refractivity contribution in [2.75, 3.05) is 51.3 Å². The molecule has 10 heteroatoms. The lowest BCUT2D eigenvalue weighted by atomic mass is 9.78. The zero-order valence-corrected chi connectivity index (χ0v) is 21.3. The molecular weight excluding hydrogens is 465 g/mol. The van der Waals surface area contributed by atoms with Gasteiger partial charge in [-0.1, -0.05) is 6.08 Å². The Bertz CT molecular complexity index is 888. The number of unbranched alkanes of at least 4 members (excludes halogenated alkanes) is 1. The van der Waals surface area contributed by atoms with Crippen LogP contribution in [-0.2, 0) is 0 Å². The molecule has 1 atom stereocenters. The van der Waals surface area contributed by atoms with Crippen LogP contribution < -0.4 is 0 Å². The fourth-order valence-electron chi connectivity index (χ4n) is 4.87. The molecule has 0 radical (unpaired) electrons. The number of hydrogen-bond acceptors (Lipinski definition) is 10. The summed E-state index contributed by atoms with van der Waals surface area (Å²) in [6, 6.07) is 0. The average Bonchev–Trinajstić information content (AvgIpc) is 3.46. The maximum absolute atomic E-state index is 4.72. The Kier molecular flexibility index (Phi) is 7.62. The van der Waals surface area contributed by atoms with Crippen LogP contribution in [0, 0.1) is 5.92 Å². The van der Waals surface area contributed by atoms with E-state index in [1.165, 1.54) is 85.1 Å². The Labute approximate surface area is 201 Å². The van der Waals surface area contributed by atoms with Crippen LogP contribution in [0.1, 0.15) is 49.4 Å². The van der Waals surface area contributed by atoms with E-state index in [1.807, 2.05) is 23.5 Å². The van der Waals surface area contributed by atoms with E-state index in [0.29, 0.717) is 5.92 Å². The number of rotatable bonds is 9. The Morgan fingerprint density at radius 2 is 1.71 bits per heavy atom. The number of piperidine rings is 3. The first-order valence-electron chi connectivity index (χ1n) is 11.3. The molecule has 6 heterocycles. The topological polar surface area (TPSA) is 58.0 Å². The molecule has 31 heavy (non-hydrogen) atoms. The van der Waals surface area contributed by atoms with E-state index in [4.69, 9.17) is 4.37 Å². The molecule has 2 bridgehead atoms. The molecule has 0 saturated carbocycles. The Hall–Kier alpha value is -0.520. The van der Waals surface area contributed by atoms with E-state index in [2.05, 4.69) is 36.0 Å². The van der Waals surface area contributed by atoms with E-state index in [1.54, 1.807) is 0 Å². The molecule has 0 aliphatic carbocycles. The third-order valence-corrected chi connectivity index (χ3v) is 10.0. The predicted octanol–water partition coefficient (Wildman–Crippen LogP) is 4.58. The normalized spacial score (nSPS) is 26.4. The highest BCUT2D eigenvalue weighted by Gasteiger charge is 2.37. The van der Waals surface area contributed by atoms with Crippen molar-refractivity contribution >= 4 is 52.6 Å². The van der Waals surface area contributed by atoms with Crippen LogP contribution in [0.25, 0.3) is 5.57 Å². The Morgan fingerprint density at radius 3 is 2.45 bits per heavy atom. The van der Waals surface area contributed by atoms with Crippen LogP contribution in [0.3, 0.4) is 0 Å². The van der Waals surface area contributed by atoms with Crippen molar-refractivity contribution in [3.63, 3.8) is 0 Å². The summed E-state index contributed by atoms with van der Waals surface area (Å²) < 4.78 is 18.5. The molecule has 6 rings (SSSR count). The van der Waals surface area contributed by atoms with E-state index in [9.17, 15) is 0 Å². The average molecular weight is 495 g/mol. The van der Waals surface area contributed by atoms with Crippen LogP contribution in [0.2, 0.25) is 0 Å². The summed E-state index contributed by atoms with van der Waals surface area (Å²) in [7, 11) is 2.18. The summed E-state index contributed by atoms with van der Waals surface area (Å²) in [6.07, 6.45) is 8.52. The second-order valence-corrected chi connectivity index (χ2v) is 12.0. The van der Waals surface area contributed by atoms with Crippen LogP contribution in [-0.4, -0.2) is 78.6 Å². The Morgan fingerprint density at radius 1 is 0.968 bits per heavy atom. The highest BCUT2D eigenvalue weighted by Crippen LogP contribution is 2.41. The largest absolute Gasteiger partial charge is 0.303 e. The van der Waals surface area contributed by atoms with E-state index in [0.717, 1.165) is 47.7 Å². The van der Waals surface area contributed by atoms with Crippen molar-refractivity contribution in [2.24, 2.45) is 5.92 Å². The van der Waals surface area contributed by atoms with E-state index >= 15 is 0 Å². The first kappa shape index (κ1) is 22.3. The first-order chi connectivity index (χ1) is 15.3. The standard InChI is InChI=1S/C21H30N6S4/c1-26-8-4-5-16(13-26)18-20(24-30-22-18)28-11-2-3-12-29-21-19(23-31-25-21)17-14-27-9-6-15(17)7-10-27/h5,15,17H,2-4,6-14H2,1H3. The van der Waals surface area contributed by atoms with Crippen molar-refractivity contribution in [1.82, 2.24) is 27.3 Å². The molecule has 3 saturated heterocycles. The van der Waals surface area contributed by atoms with Gasteiger partial charge in [-0.25, -0.2) is 0 Å². The molecule has 2 aromatic rings. The van der Waals surface area contributed by atoms with E-state index < -0.39 is 0 Å². The number of nitrogens with zero attached hydrogens (tertiary/aromatic N) is 6. The van der Waals surface area contributed by atoms with Crippen molar-refractivity contribution in [2.45, 2.75) is 48.1 Å². The fourth-order valence-corrected chi connectivity index (χ4v) is 8.35. The van der Waals surface area contributed by atoms with Gasteiger partial charge in [0.15, 0.2) is 0 Å². The molecule has 0 aromatic carbocycles. The van der Waals surface area contributed by atoms with Gasteiger partial charge in [-0.15, -0.1) is 23.5 Å². The molecule has 6 nitrogen and oxygen atoms in total. The highest BCUT2D eigenvalue weighted by molar-refractivity contribution is 7.99. The number of fused-ring (bicyclic) bond motifs is 3. The van der Waals surface area contributed by atoms with Crippen LogP contribution in [0.4, 0.5) is 0 Å². The lowest BCUT2D eigenvalue weighted by molar-refractivity contribution is 0.0846. The Balaban J connectivity index is 1.06. The molecule has 168 valence electrons. The third kappa shape index (κ3) is 5.35. The maximum atomic E-state index is 4.72. The van der Waals surface area contributed by atoms with Gasteiger partial charge in [0.05, 0.1) is 29.2 Å². The van der Waals surface area contributed by atoms with Gasteiger partial charge in [0, 0.05) is 25.6 Å². The molecule has 0 spiro atoms. The number of aromatic nitrogens is 4. The molecule has 0 amide bonds. The lowest BCUT2D eigenvalue weighted by Gasteiger charge is -2.44. The minimum atomic E-state index is 0.614. The zero-order valence-electron chi connectivity index (χ0n) is 18.0. The number of thioether (sulfide) groups is 2. The van der Waals surface area contributed by atoms with Gasteiger partial charge < -0.3 is 9.80 Å². The molecule has 4 aliphatic heterocycles. The smallest absolute Gasteiger partial charge is 0.138 e. The fraction of sp³-hybridized carbons (Fsp3) is 0.714. The minimum Gasteiger partial charge on any atom is -0.303 e. The molecule has 0 N–H and O–H groups in total. The third-order valence-electron chi connectivity index (χ3n) is 6.61. The first-order valence-corrected chi connectivity index (χ1v) is 14.7. The summed E-state index contributed by atoms with van der Waals surface area (Å²) in [5.41, 5.74) is 3.76. The van der Waals surface area contributed by atoms with Gasteiger partial charge >= 0.3 is 0 Å². The van der Waals surface area contributed by atoms with Crippen LogP contribution >= 0.6 is 47.0 Å². The highest BCUT2D eigenvalue weighted by atomic mass is 32.2. The second kappa shape index (κ2) is 10.6. The molecule has 3 fully saturated rings. The van der Waals surface area contributed by atoms with Gasteiger partial charge in [-0.3, -0.25) is 0 Å². The zero-order chi connectivity index (χ0) is 21.0. The minimum absolute atomic E-state index is 0.614. The van der Waals surface area contributed by atoms with Gasteiger partial charge in [0.2, 0.25) is 0 Å². The number of likely N-dealkylation sites (N-methyl/N-ethyl adjacent to an activating group) is 1. The quantitative estimate of drug-likeness (QED) is 0.371. The summed E-state index contributed by atoms with van der Waals surface area (Å²) in [4.78, 5) is 4.97. The van der Waals surface area contributed by atoms with Crippen molar-refractivity contribution < 1.29 is 0 Å².